The van der Waals surface area contributed by atoms with Crippen molar-refractivity contribution in [2.45, 2.75) is 57.6 Å². The molecule has 2 aromatic heterocycles. The molecule has 0 aliphatic heterocycles. The van der Waals surface area contributed by atoms with Crippen LogP contribution >= 0.6 is 22.7 Å². The zero-order valence-electron chi connectivity index (χ0n) is 16.0. The number of nitrogens with one attached hydrogen (secondary N) is 1. The van der Waals surface area contributed by atoms with Crippen molar-refractivity contribution in [1.82, 2.24) is 5.32 Å². The van der Waals surface area contributed by atoms with E-state index in [0.717, 1.165) is 9.40 Å². The summed E-state index contributed by atoms with van der Waals surface area (Å²) in [5.41, 5.74) is -0.699. The Morgan fingerprint density at radius 1 is 1.33 bits per heavy atom. The SMILES string of the molecule is CC(C)C[C@H](NC(=O)OC(C)(C)C)C(=O)N=S(N)(=O)c1csc2ccsc12. The molecule has 2 heterocycles. The van der Waals surface area contributed by atoms with Crippen molar-refractivity contribution in [2.75, 3.05) is 0 Å². The van der Waals surface area contributed by atoms with Gasteiger partial charge in [-0.25, -0.2) is 14.1 Å². The van der Waals surface area contributed by atoms with E-state index in [1.165, 1.54) is 22.7 Å². The van der Waals surface area contributed by atoms with Crippen LogP contribution in [0.5, 0.6) is 0 Å². The van der Waals surface area contributed by atoms with E-state index in [9.17, 15) is 13.8 Å². The van der Waals surface area contributed by atoms with E-state index in [1.54, 1.807) is 26.2 Å². The summed E-state index contributed by atoms with van der Waals surface area (Å²) < 4.78 is 23.6. The highest BCUT2D eigenvalue weighted by molar-refractivity contribution is 7.92. The van der Waals surface area contributed by atoms with Crippen molar-refractivity contribution in [3.8, 4) is 0 Å². The Hall–Kier alpha value is -1.49. The molecule has 0 aliphatic rings. The predicted molar refractivity (Wildman–Crippen MR) is 110 cm³/mol. The minimum atomic E-state index is -3.41. The third kappa shape index (κ3) is 6.00. The van der Waals surface area contributed by atoms with Gasteiger partial charge in [0.05, 0.1) is 9.60 Å². The topological polar surface area (TPSA) is 111 Å². The van der Waals surface area contributed by atoms with Crippen molar-refractivity contribution in [1.29, 1.82) is 0 Å². The lowest BCUT2D eigenvalue weighted by Crippen LogP contribution is -2.44. The second kappa shape index (κ2) is 8.26. The first kappa shape index (κ1) is 21.8. The van der Waals surface area contributed by atoms with Crippen molar-refractivity contribution in [3.05, 3.63) is 16.8 Å². The zero-order valence-corrected chi connectivity index (χ0v) is 18.4. The van der Waals surface area contributed by atoms with Gasteiger partial charge in [-0.15, -0.1) is 27.0 Å². The zero-order chi connectivity index (χ0) is 20.4. The fourth-order valence-corrected chi connectivity index (χ4v) is 6.33. The molecule has 0 saturated carbocycles. The van der Waals surface area contributed by atoms with Gasteiger partial charge in [-0.3, -0.25) is 4.79 Å². The number of carbonyl (C=O) groups excluding carboxylic acids is 2. The highest BCUT2D eigenvalue weighted by Crippen LogP contribution is 2.33. The molecule has 3 N–H and O–H groups in total. The normalized spacial score (nSPS) is 15.4. The third-order valence-corrected chi connectivity index (χ3v) is 7.09. The smallest absolute Gasteiger partial charge is 0.408 e. The Bertz CT molecular complexity index is 946. The molecule has 0 saturated heterocycles. The molecule has 0 bridgehead atoms. The molecule has 1 unspecified atom stereocenters. The van der Waals surface area contributed by atoms with Gasteiger partial charge in [0.2, 0.25) is 0 Å². The average molecular weight is 432 g/mol. The molecule has 7 nitrogen and oxygen atoms in total. The summed E-state index contributed by atoms with van der Waals surface area (Å²) >= 11 is 2.80. The number of carbonyl (C=O) groups is 2. The van der Waals surface area contributed by atoms with Gasteiger partial charge in [0, 0.05) is 10.1 Å². The molecular formula is C17H25N3O4S3. The Balaban J connectivity index is 2.28. The second-order valence-electron chi connectivity index (χ2n) is 7.54. The van der Waals surface area contributed by atoms with Crippen LogP contribution in [0, 0.1) is 5.92 Å². The molecule has 150 valence electrons. The number of ether oxygens (including phenoxy) is 1. The number of thiophene rings is 2. The molecule has 0 radical (unpaired) electrons. The first-order valence-electron chi connectivity index (χ1n) is 8.42. The Morgan fingerprint density at radius 2 is 2.00 bits per heavy atom. The van der Waals surface area contributed by atoms with Crippen molar-refractivity contribution in [2.24, 2.45) is 15.4 Å². The van der Waals surface area contributed by atoms with Gasteiger partial charge in [0.15, 0.2) is 0 Å². The van der Waals surface area contributed by atoms with E-state index >= 15 is 0 Å². The number of hydrogen-bond donors (Lipinski definition) is 2. The lowest BCUT2D eigenvalue weighted by Gasteiger charge is -2.23. The fraction of sp³-hybridized carbons (Fsp3) is 0.529. The number of nitrogens with two attached hydrogens (primary N) is 1. The molecule has 27 heavy (non-hydrogen) atoms. The quantitative estimate of drug-likeness (QED) is 0.741. The summed E-state index contributed by atoms with van der Waals surface area (Å²) in [6.07, 6.45) is -0.397. The summed E-state index contributed by atoms with van der Waals surface area (Å²) in [5, 5.41) is 12.0. The molecule has 0 aromatic carbocycles. The molecule has 0 fully saturated rings. The molecule has 10 heteroatoms. The van der Waals surface area contributed by atoms with Crippen LogP contribution in [0.1, 0.15) is 41.0 Å². The van der Waals surface area contributed by atoms with Gasteiger partial charge in [-0.2, -0.15) is 0 Å². The van der Waals surface area contributed by atoms with Crippen LogP contribution in [-0.4, -0.2) is 27.9 Å². The number of hydrogen-bond acceptors (Lipinski definition) is 6. The highest BCUT2D eigenvalue weighted by atomic mass is 32.2. The monoisotopic (exact) mass is 431 g/mol. The molecule has 2 amide bonds. The van der Waals surface area contributed by atoms with Crippen LogP contribution in [-0.2, 0) is 19.4 Å². The van der Waals surface area contributed by atoms with E-state index in [4.69, 9.17) is 9.88 Å². The first-order valence-corrected chi connectivity index (χ1v) is 11.8. The molecule has 0 aliphatic carbocycles. The molecule has 2 atom stereocenters. The van der Waals surface area contributed by atoms with E-state index in [2.05, 4.69) is 9.68 Å². The minimum Gasteiger partial charge on any atom is -0.444 e. The first-order chi connectivity index (χ1) is 12.4. The molecule has 2 aromatic rings. The summed E-state index contributed by atoms with van der Waals surface area (Å²) in [7, 11) is -3.41. The summed E-state index contributed by atoms with van der Waals surface area (Å²) in [4.78, 5) is 25.1. The number of nitrogens with zero attached hydrogens (tertiary/aromatic N) is 1. The van der Waals surface area contributed by atoms with Gasteiger partial charge in [-0.05, 0) is 44.6 Å². The lowest BCUT2D eigenvalue weighted by atomic mass is 10.0. The van der Waals surface area contributed by atoms with Gasteiger partial charge >= 0.3 is 6.09 Å². The summed E-state index contributed by atoms with van der Waals surface area (Å²) in [6.45, 7) is 9.00. The maximum absolute atomic E-state index is 12.9. The number of alkyl carbamates (subject to hydrolysis) is 1. The molecule has 0 spiro atoms. The Kier molecular flexibility index (Phi) is 6.67. The van der Waals surface area contributed by atoms with Crippen molar-refractivity contribution in [3.63, 3.8) is 0 Å². The van der Waals surface area contributed by atoms with Crippen LogP contribution < -0.4 is 10.5 Å². The predicted octanol–water partition coefficient (Wildman–Crippen LogP) is 4.13. The number of amides is 2. The molecular weight excluding hydrogens is 406 g/mol. The van der Waals surface area contributed by atoms with Crippen molar-refractivity contribution < 1.29 is 18.5 Å². The van der Waals surface area contributed by atoms with Gasteiger partial charge in [0.25, 0.3) is 5.91 Å². The Labute approximate surface area is 167 Å². The highest BCUT2D eigenvalue weighted by Gasteiger charge is 2.27. The van der Waals surface area contributed by atoms with Gasteiger partial charge in [-0.1, -0.05) is 13.8 Å². The standard InChI is InChI=1S/C17H25N3O4S3/c1-10(2)8-11(19-16(22)24-17(3,4)5)15(21)20-27(18,23)13-9-26-12-6-7-25-14(12)13/h6-7,9-11H,8H2,1-5H3,(H,19,22)(H2,18,20,21,23)/t11-,27?/m0/s1. The van der Waals surface area contributed by atoms with Gasteiger partial charge in [0.1, 0.15) is 21.6 Å². The minimum absolute atomic E-state index is 0.100. The number of fused-ring (bicyclic) bond motifs is 1. The fourth-order valence-electron chi connectivity index (χ4n) is 2.33. The van der Waals surface area contributed by atoms with Crippen LogP contribution in [0.2, 0.25) is 0 Å². The van der Waals surface area contributed by atoms with Crippen LogP contribution in [0.4, 0.5) is 4.79 Å². The average Bonchev–Trinajstić information content (AvgIpc) is 3.05. The van der Waals surface area contributed by atoms with Crippen LogP contribution in [0.15, 0.2) is 26.1 Å². The van der Waals surface area contributed by atoms with E-state index in [-0.39, 0.29) is 5.92 Å². The summed E-state index contributed by atoms with van der Waals surface area (Å²) in [5.74, 6) is -0.624. The Morgan fingerprint density at radius 3 is 2.59 bits per heavy atom. The summed E-state index contributed by atoms with van der Waals surface area (Å²) in [6, 6.07) is 0.943. The maximum Gasteiger partial charge on any atom is 0.408 e. The van der Waals surface area contributed by atoms with E-state index in [0.29, 0.717) is 11.3 Å². The third-order valence-electron chi connectivity index (χ3n) is 3.38. The van der Waals surface area contributed by atoms with E-state index < -0.39 is 33.6 Å². The van der Waals surface area contributed by atoms with Crippen LogP contribution in [0.3, 0.4) is 0 Å². The van der Waals surface area contributed by atoms with Crippen molar-refractivity contribution >= 4 is 54.0 Å². The van der Waals surface area contributed by atoms with Crippen LogP contribution in [0.25, 0.3) is 9.40 Å². The second-order valence-corrected chi connectivity index (χ2v) is 11.1. The maximum atomic E-state index is 12.9. The van der Waals surface area contributed by atoms with E-state index in [1.807, 2.05) is 25.3 Å². The van der Waals surface area contributed by atoms with Gasteiger partial charge < -0.3 is 10.1 Å². The lowest BCUT2D eigenvalue weighted by molar-refractivity contribution is -0.120. The largest absolute Gasteiger partial charge is 0.444 e. The molecule has 2 rings (SSSR count). The number of rotatable bonds is 5.